The number of nitrogens with zero attached hydrogens (tertiary/aromatic N) is 1. The number of thiophene rings is 1. The van der Waals surface area contributed by atoms with Crippen LogP contribution in [-0.2, 0) is 16.8 Å². The Balaban J connectivity index is 2.20. The molecule has 1 aromatic heterocycles. The molecule has 0 aliphatic carbocycles. The lowest BCUT2D eigenvalue weighted by molar-refractivity contribution is -0.144. The molecule has 0 amide bonds. The number of aliphatic carboxylic acids is 1. The Hall–Kier alpha value is -1.65. The first kappa shape index (κ1) is 15.7. The van der Waals surface area contributed by atoms with Crippen LogP contribution in [0.3, 0.4) is 0 Å². The summed E-state index contributed by atoms with van der Waals surface area (Å²) in [6.45, 7) is 6.00. The summed E-state index contributed by atoms with van der Waals surface area (Å²) in [7, 11) is 0. The molecule has 2 aromatic rings. The minimum Gasteiger partial charge on any atom is -0.481 e. The SMILES string of the molecule is CCN(Cc1cccs1)CC(C)(C(=O)O)c1ccccc1. The molecular weight excluding hydrogens is 282 g/mol. The molecule has 0 spiro atoms. The molecule has 1 unspecified atom stereocenters. The summed E-state index contributed by atoms with van der Waals surface area (Å²) in [6.07, 6.45) is 0. The Morgan fingerprint density at radius 3 is 2.48 bits per heavy atom. The molecule has 0 bridgehead atoms. The van der Waals surface area contributed by atoms with Crippen LogP contribution in [0.5, 0.6) is 0 Å². The fourth-order valence-corrected chi connectivity index (χ4v) is 3.18. The van der Waals surface area contributed by atoms with Gasteiger partial charge in [0.15, 0.2) is 0 Å². The molecule has 0 aliphatic rings. The van der Waals surface area contributed by atoms with Gasteiger partial charge >= 0.3 is 5.97 Å². The van der Waals surface area contributed by atoms with E-state index in [2.05, 4.69) is 23.3 Å². The smallest absolute Gasteiger partial charge is 0.315 e. The number of carboxylic acid groups (broad SMARTS) is 1. The molecule has 0 radical (unpaired) electrons. The van der Waals surface area contributed by atoms with Crippen molar-refractivity contribution in [3.05, 3.63) is 58.3 Å². The van der Waals surface area contributed by atoms with Gasteiger partial charge in [-0.25, -0.2) is 0 Å². The van der Waals surface area contributed by atoms with Crippen molar-refractivity contribution >= 4 is 17.3 Å². The first-order chi connectivity index (χ1) is 10.1. The van der Waals surface area contributed by atoms with E-state index in [4.69, 9.17) is 0 Å². The van der Waals surface area contributed by atoms with Crippen LogP contribution in [0.1, 0.15) is 24.3 Å². The summed E-state index contributed by atoms with van der Waals surface area (Å²) >= 11 is 1.71. The zero-order chi connectivity index (χ0) is 15.3. The number of carbonyl (C=O) groups is 1. The van der Waals surface area contributed by atoms with Crippen molar-refractivity contribution in [1.29, 1.82) is 0 Å². The van der Waals surface area contributed by atoms with Crippen LogP contribution in [0.4, 0.5) is 0 Å². The summed E-state index contributed by atoms with van der Waals surface area (Å²) in [5.41, 5.74) is -0.0451. The number of likely N-dealkylation sites (N-methyl/N-ethyl adjacent to an activating group) is 1. The number of carboxylic acids is 1. The summed E-state index contributed by atoms with van der Waals surface area (Å²) in [4.78, 5) is 15.3. The predicted molar refractivity (Wildman–Crippen MR) is 86.7 cm³/mol. The average molecular weight is 303 g/mol. The monoisotopic (exact) mass is 303 g/mol. The Kier molecular flexibility index (Phi) is 5.15. The van der Waals surface area contributed by atoms with Crippen LogP contribution >= 0.6 is 11.3 Å². The molecule has 1 aromatic carbocycles. The van der Waals surface area contributed by atoms with Gasteiger partial charge in [0.1, 0.15) is 5.41 Å². The van der Waals surface area contributed by atoms with Crippen molar-refractivity contribution in [2.24, 2.45) is 0 Å². The van der Waals surface area contributed by atoms with Crippen LogP contribution in [0.15, 0.2) is 47.8 Å². The van der Waals surface area contributed by atoms with Gasteiger partial charge in [-0.15, -0.1) is 11.3 Å². The fraction of sp³-hybridized carbons (Fsp3) is 0.353. The van der Waals surface area contributed by atoms with Crippen molar-refractivity contribution in [3.8, 4) is 0 Å². The molecule has 4 heteroatoms. The molecule has 0 fully saturated rings. The van der Waals surface area contributed by atoms with Crippen LogP contribution in [0.2, 0.25) is 0 Å². The van der Waals surface area contributed by atoms with Crippen molar-refractivity contribution in [2.45, 2.75) is 25.8 Å². The highest BCUT2D eigenvalue weighted by atomic mass is 32.1. The molecule has 2 rings (SSSR count). The number of rotatable bonds is 7. The standard InChI is InChI=1S/C17H21NO2S/c1-3-18(12-15-10-7-11-21-15)13-17(2,16(19)20)14-8-5-4-6-9-14/h4-11H,3,12-13H2,1-2H3,(H,19,20). The molecule has 1 N–H and O–H groups in total. The van der Waals surface area contributed by atoms with Gasteiger partial charge in [0.25, 0.3) is 0 Å². The van der Waals surface area contributed by atoms with E-state index in [0.717, 1.165) is 18.7 Å². The minimum absolute atomic E-state index is 0.501. The van der Waals surface area contributed by atoms with Crippen LogP contribution in [0, 0.1) is 0 Å². The maximum Gasteiger partial charge on any atom is 0.315 e. The quantitative estimate of drug-likeness (QED) is 0.849. The first-order valence-corrected chi connectivity index (χ1v) is 7.98. The van der Waals surface area contributed by atoms with E-state index >= 15 is 0 Å². The Labute approximate surface area is 129 Å². The van der Waals surface area contributed by atoms with Crippen LogP contribution in [-0.4, -0.2) is 29.1 Å². The third-order valence-corrected chi connectivity index (χ3v) is 4.69. The highest BCUT2D eigenvalue weighted by molar-refractivity contribution is 7.09. The van der Waals surface area contributed by atoms with Gasteiger partial charge in [-0.05, 0) is 30.5 Å². The lowest BCUT2D eigenvalue weighted by Crippen LogP contribution is -2.44. The molecule has 112 valence electrons. The van der Waals surface area contributed by atoms with Gasteiger partial charge in [0.2, 0.25) is 0 Å². The molecule has 1 heterocycles. The van der Waals surface area contributed by atoms with Crippen molar-refractivity contribution in [1.82, 2.24) is 4.90 Å². The molecule has 0 saturated carbocycles. The number of hydrogen-bond acceptors (Lipinski definition) is 3. The first-order valence-electron chi connectivity index (χ1n) is 7.10. The lowest BCUT2D eigenvalue weighted by Gasteiger charge is -2.32. The number of benzene rings is 1. The second-order valence-corrected chi connectivity index (χ2v) is 6.42. The summed E-state index contributed by atoms with van der Waals surface area (Å²) in [6, 6.07) is 13.6. The van der Waals surface area contributed by atoms with Gasteiger partial charge in [0, 0.05) is 18.0 Å². The molecule has 0 saturated heterocycles. The highest BCUT2D eigenvalue weighted by Crippen LogP contribution is 2.26. The Morgan fingerprint density at radius 1 is 1.24 bits per heavy atom. The van der Waals surface area contributed by atoms with Crippen molar-refractivity contribution in [2.75, 3.05) is 13.1 Å². The summed E-state index contributed by atoms with van der Waals surface area (Å²) in [5.74, 6) is -0.779. The largest absolute Gasteiger partial charge is 0.481 e. The van der Waals surface area contributed by atoms with E-state index in [9.17, 15) is 9.90 Å². The summed E-state index contributed by atoms with van der Waals surface area (Å²) < 4.78 is 0. The maximum absolute atomic E-state index is 11.9. The lowest BCUT2D eigenvalue weighted by atomic mass is 9.82. The topological polar surface area (TPSA) is 40.5 Å². The predicted octanol–water partition coefficient (Wildman–Crippen LogP) is 3.61. The molecular formula is C17H21NO2S. The third kappa shape index (κ3) is 3.71. The molecule has 3 nitrogen and oxygen atoms in total. The van der Waals surface area contributed by atoms with Crippen molar-refractivity contribution in [3.63, 3.8) is 0 Å². The summed E-state index contributed by atoms with van der Waals surface area (Å²) in [5, 5.41) is 11.8. The highest BCUT2D eigenvalue weighted by Gasteiger charge is 2.36. The van der Waals surface area contributed by atoms with Gasteiger partial charge in [-0.3, -0.25) is 9.69 Å². The van der Waals surface area contributed by atoms with Gasteiger partial charge in [-0.1, -0.05) is 43.3 Å². The fourth-order valence-electron chi connectivity index (χ4n) is 2.44. The average Bonchev–Trinajstić information content (AvgIpc) is 3.00. The zero-order valence-corrected chi connectivity index (χ0v) is 13.3. The van der Waals surface area contributed by atoms with E-state index in [1.54, 1.807) is 11.3 Å². The maximum atomic E-state index is 11.9. The van der Waals surface area contributed by atoms with E-state index < -0.39 is 11.4 Å². The van der Waals surface area contributed by atoms with Gasteiger partial charge < -0.3 is 5.11 Å². The zero-order valence-electron chi connectivity index (χ0n) is 12.5. The molecule has 1 atom stereocenters. The number of hydrogen-bond donors (Lipinski definition) is 1. The Morgan fingerprint density at radius 2 is 1.95 bits per heavy atom. The van der Waals surface area contributed by atoms with Crippen LogP contribution in [0.25, 0.3) is 0 Å². The normalized spacial score (nSPS) is 14.0. The molecule has 21 heavy (non-hydrogen) atoms. The van der Waals surface area contributed by atoms with Crippen LogP contribution < -0.4 is 0 Å². The minimum atomic E-state index is -0.894. The third-order valence-electron chi connectivity index (χ3n) is 3.83. The van der Waals surface area contributed by atoms with E-state index in [0.29, 0.717) is 6.54 Å². The van der Waals surface area contributed by atoms with Crippen molar-refractivity contribution < 1.29 is 9.90 Å². The van der Waals surface area contributed by atoms with E-state index in [1.807, 2.05) is 43.3 Å². The Bertz CT molecular complexity index is 568. The molecule has 0 aliphatic heterocycles. The van der Waals surface area contributed by atoms with Gasteiger partial charge in [0.05, 0.1) is 0 Å². The second-order valence-electron chi connectivity index (χ2n) is 5.39. The van der Waals surface area contributed by atoms with E-state index in [1.165, 1.54) is 4.88 Å². The van der Waals surface area contributed by atoms with Gasteiger partial charge in [-0.2, -0.15) is 0 Å². The van der Waals surface area contributed by atoms with E-state index in [-0.39, 0.29) is 0 Å². The second kappa shape index (κ2) is 6.87.